The summed E-state index contributed by atoms with van der Waals surface area (Å²) in [4.78, 5) is 36.4. The van der Waals surface area contributed by atoms with Crippen molar-refractivity contribution >= 4 is 29.2 Å². The van der Waals surface area contributed by atoms with E-state index in [0.717, 1.165) is 11.3 Å². The van der Waals surface area contributed by atoms with Crippen molar-refractivity contribution in [3.05, 3.63) is 70.8 Å². The molecule has 3 aromatic rings. The predicted octanol–water partition coefficient (Wildman–Crippen LogP) is 3.84. The Hall–Kier alpha value is -3.92. The fourth-order valence-electron chi connectivity index (χ4n) is 5.27. The van der Waals surface area contributed by atoms with Gasteiger partial charge in [0.05, 0.1) is 24.3 Å². The number of carbonyl (C=O) groups is 2. The van der Waals surface area contributed by atoms with Crippen LogP contribution in [-0.2, 0) is 11.3 Å². The fourth-order valence-corrected chi connectivity index (χ4v) is 5.56. The number of piperazine rings is 1. The largest absolute Gasteiger partial charge is 0.489 e. The highest BCUT2D eigenvalue weighted by Gasteiger charge is 2.42. The maximum Gasteiger partial charge on any atom is 0.261 e. The minimum Gasteiger partial charge on any atom is -0.489 e. The minimum atomic E-state index is -0.495. The molecule has 1 unspecified atom stereocenters. The summed E-state index contributed by atoms with van der Waals surface area (Å²) in [6, 6.07) is 5.59. The van der Waals surface area contributed by atoms with E-state index in [-0.39, 0.29) is 52.1 Å². The van der Waals surface area contributed by atoms with Gasteiger partial charge in [-0.15, -0.1) is 0 Å². The van der Waals surface area contributed by atoms with E-state index in [4.69, 9.17) is 25.8 Å². The SMILES string of the molecule is C=CC(=O)N1CCN2C(=O)c3c(N4Cc5nocc5C4C)nc(-c4ccccc4F)c(Cl)c3OC[C@H]2C1. The average molecular weight is 524 g/mol. The third-order valence-electron chi connectivity index (χ3n) is 7.25. The van der Waals surface area contributed by atoms with Crippen LogP contribution in [0.15, 0.2) is 47.7 Å². The van der Waals surface area contributed by atoms with E-state index < -0.39 is 11.9 Å². The standard InChI is InChI=1S/C26H23ClFN5O4/c1-3-20(34)31-8-9-32-15(10-31)12-36-24-21(26(32)35)25(33-11-19-17(14(33)2)13-37-30-19)29-23(22(24)27)16-6-4-5-7-18(16)28/h3-7,13-15H,1,8-12H2,2H3/t14?,15-/m1/s1. The van der Waals surface area contributed by atoms with Crippen molar-refractivity contribution in [2.45, 2.75) is 25.6 Å². The maximum absolute atomic E-state index is 14.9. The number of ether oxygens (including phenoxy) is 1. The van der Waals surface area contributed by atoms with Crippen molar-refractivity contribution < 1.29 is 23.2 Å². The summed E-state index contributed by atoms with van der Waals surface area (Å²) >= 11 is 6.80. The fraction of sp³-hybridized carbons (Fsp3) is 0.308. The van der Waals surface area contributed by atoms with Gasteiger partial charge in [0.1, 0.15) is 40.8 Å². The average Bonchev–Trinajstić information content (AvgIpc) is 3.45. The first kappa shape index (κ1) is 23.5. The van der Waals surface area contributed by atoms with Crippen LogP contribution in [0.5, 0.6) is 5.75 Å². The zero-order valence-electron chi connectivity index (χ0n) is 20.0. The molecule has 2 atom stereocenters. The second kappa shape index (κ2) is 8.88. The molecular weight excluding hydrogens is 501 g/mol. The van der Waals surface area contributed by atoms with E-state index in [1.165, 1.54) is 12.1 Å². The van der Waals surface area contributed by atoms with Crippen LogP contribution in [0.2, 0.25) is 5.02 Å². The molecule has 0 bridgehead atoms. The summed E-state index contributed by atoms with van der Waals surface area (Å²) in [7, 11) is 0. The molecule has 190 valence electrons. The molecule has 2 aromatic heterocycles. The van der Waals surface area contributed by atoms with Gasteiger partial charge < -0.3 is 24.0 Å². The van der Waals surface area contributed by atoms with Gasteiger partial charge in [0.15, 0.2) is 5.75 Å². The lowest BCUT2D eigenvalue weighted by atomic mass is 10.1. The number of aromatic nitrogens is 2. The monoisotopic (exact) mass is 523 g/mol. The van der Waals surface area contributed by atoms with Crippen molar-refractivity contribution in [1.82, 2.24) is 19.9 Å². The molecule has 0 spiro atoms. The lowest BCUT2D eigenvalue weighted by Crippen LogP contribution is -2.57. The second-order valence-corrected chi connectivity index (χ2v) is 9.63. The summed E-state index contributed by atoms with van der Waals surface area (Å²) in [5.74, 6) is -0.514. The molecule has 0 saturated carbocycles. The Morgan fingerprint density at radius 3 is 2.84 bits per heavy atom. The van der Waals surface area contributed by atoms with Gasteiger partial charge in [0.25, 0.3) is 5.91 Å². The molecule has 1 fully saturated rings. The number of halogens is 2. The molecule has 6 rings (SSSR count). The molecule has 0 aliphatic carbocycles. The van der Waals surface area contributed by atoms with Gasteiger partial charge >= 0.3 is 0 Å². The van der Waals surface area contributed by atoms with Crippen LogP contribution in [0.25, 0.3) is 11.3 Å². The van der Waals surface area contributed by atoms with Gasteiger partial charge in [0, 0.05) is 30.8 Å². The predicted molar refractivity (Wildman–Crippen MR) is 133 cm³/mol. The summed E-state index contributed by atoms with van der Waals surface area (Å²) in [5.41, 5.74) is 2.21. The highest BCUT2D eigenvalue weighted by molar-refractivity contribution is 6.35. The normalized spacial score (nSPS) is 20.6. The Kier molecular flexibility index (Phi) is 5.63. The summed E-state index contributed by atoms with van der Waals surface area (Å²) in [6.45, 7) is 6.97. The Morgan fingerprint density at radius 1 is 1.27 bits per heavy atom. The molecular formula is C26H23ClFN5O4. The number of anilines is 1. The number of rotatable bonds is 3. The Bertz CT molecular complexity index is 1440. The first-order valence-electron chi connectivity index (χ1n) is 11.9. The topological polar surface area (TPSA) is 92.0 Å². The maximum atomic E-state index is 14.9. The second-order valence-electron chi connectivity index (χ2n) is 9.25. The van der Waals surface area contributed by atoms with Crippen LogP contribution >= 0.6 is 11.6 Å². The van der Waals surface area contributed by atoms with E-state index in [1.54, 1.807) is 34.3 Å². The number of fused-ring (bicyclic) bond motifs is 3. The van der Waals surface area contributed by atoms with Gasteiger partial charge in [-0.05, 0) is 25.1 Å². The van der Waals surface area contributed by atoms with Gasteiger partial charge in [-0.25, -0.2) is 9.37 Å². The lowest BCUT2D eigenvalue weighted by Gasteiger charge is -2.39. The zero-order chi connectivity index (χ0) is 25.8. The van der Waals surface area contributed by atoms with Crippen LogP contribution in [0, 0.1) is 5.82 Å². The first-order chi connectivity index (χ1) is 17.9. The molecule has 2 amide bonds. The van der Waals surface area contributed by atoms with E-state index >= 15 is 0 Å². The van der Waals surface area contributed by atoms with Crippen LogP contribution in [-0.4, -0.2) is 64.0 Å². The van der Waals surface area contributed by atoms with Crippen molar-refractivity contribution in [3.63, 3.8) is 0 Å². The smallest absolute Gasteiger partial charge is 0.261 e. The minimum absolute atomic E-state index is 0.0583. The number of nitrogens with zero attached hydrogens (tertiary/aromatic N) is 5. The van der Waals surface area contributed by atoms with Gasteiger partial charge in [-0.3, -0.25) is 9.59 Å². The Morgan fingerprint density at radius 2 is 2.08 bits per heavy atom. The van der Waals surface area contributed by atoms with Crippen LogP contribution < -0.4 is 9.64 Å². The number of hydrogen-bond donors (Lipinski definition) is 0. The molecule has 1 aromatic carbocycles. The number of hydrogen-bond acceptors (Lipinski definition) is 7. The summed E-state index contributed by atoms with van der Waals surface area (Å²) in [5, 5.41) is 4.14. The lowest BCUT2D eigenvalue weighted by molar-refractivity contribution is -0.128. The third-order valence-corrected chi connectivity index (χ3v) is 7.60. The van der Waals surface area contributed by atoms with Crippen LogP contribution in [0.3, 0.4) is 0 Å². The van der Waals surface area contributed by atoms with Gasteiger partial charge in [0.2, 0.25) is 5.91 Å². The van der Waals surface area contributed by atoms with E-state index in [1.807, 2.05) is 11.8 Å². The van der Waals surface area contributed by atoms with E-state index in [0.29, 0.717) is 32.0 Å². The molecule has 3 aliphatic rings. The van der Waals surface area contributed by atoms with Crippen molar-refractivity contribution in [2.24, 2.45) is 0 Å². The number of pyridine rings is 1. The Labute approximate surface area is 217 Å². The highest BCUT2D eigenvalue weighted by Crippen LogP contribution is 2.47. The number of carbonyl (C=O) groups excluding carboxylic acids is 2. The summed E-state index contributed by atoms with van der Waals surface area (Å²) in [6.07, 6.45) is 2.84. The first-order valence-corrected chi connectivity index (χ1v) is 12.3. The molecule has 0 radical (unpaired) electrons. The summed E-state index contributed by atoms with van der Waals surface area (Å²) < 4.78 is 26.2. The molecule has 0 N–H and O–H groups in total. The third kappa shape index (κ3) is 3.66. The van der Waals surface area contributed by atoms with E-state index in [9.17, 15) is 14.0 Å². The van der Waals surface area contributed by atoms with Crippen molar-refractivity contribution in [1.29, 1.82) is 0 Å². The molecule has 3 aliphatic heterocycles. The quantitative estimate of drug-likeness (QED) is 0.482. The van der Waals surface area contributed by atoms with E-state index in [2.05, 4.69) is 11.7 Å². The van der Waals surface area contributed by atoms with Gasteiger partial charge in [-0.2, -0.15) is 0 Å². The van der Waals surface area contributed by atoms with Crippen molar-refractivity contribution in [3.8, 4) is 17.0 Å². The zero-order valence-corrected chi connectivity index (χ0v) is 20.7. The van der Waals surface area contributed by atoms with Crippen LogP contribution in [0.1, 0.15) is 34.6 Å². The molecule has 1 saturated heterocycles. The number of amides is 2. The Balaban J connectivity index is 1.50. The highest BCUT2D eigenvalue weighted by atomic mass is 35.5. The number of benzene rings is 1. The molecule has 37 heavy (non-hydrogen) atoms. The van der Waals surface area contributed by atoms with Crippen molar-refractivity contribution in [2.75, 3.05) is 31.1 Å². The van der Waals surface area contributed by atoms with Gasteiger partial charge in [-0.1, -0.05) is 35.5 Å². The molecule has 9 nitrogen and oxygen atoms in total. The van der Waals surface area contributed by atoms with Crippen LogP contribution in [0.4, 0.5) is 10.2 Å². The molecule has 5 heterocycles. The molecule has 11 heteroatoms.